The van der Waals surface area contributed by atoms with Crippen LogP contribution in [0.1, 0.15) is 56.9 Å². The summed E-state index contributed by atoms with van der Waals surface area (Å²) in [5, 5.41) is 8.10. The fraction of sp³-hybridized carbons (Fsp3) is 0.867. The van der Waals surface area contributed by atoms with Gasteiger partial charge in [-0.05, 0) is 25.7 Å². The Balaban J connectivity index is 1.62. The zero-order chi connectivity index (χ0) is 13.9. The van der Waals surface area contributed by atoms with E-state index in [1.54, 1.807) is 0 Å². The van der Waals surface area contributed by atoms with Crippen molar-refractivity contribution in [3.8, 4) is 0 Å². The second-order valence-corrected chi connectivity index (χ2v) is 6.14. The molecule has 1 aromatic rings. The van der Waals surface area contributed by atoms with E-state index in [1.165, 1.54) is 32.1 Å². The van der Waals surface area contributed by atoms with E-state index in [1.807, 2.05) is 6.92 Å². The van der Waals surface area contributed by atoms with Crippen LogP contribution in [0, 0.1) is 12.8 Å². The lowest BCUT2D eigenvalue weighted by Gasteiger charge is -2.40. The minimum Gasteiger partial charge on any atom is -0.424 e. The molecule has 0 aromatic carbocycles. The molecule has 2 aliphatic rings. The molecule has 20 heavy (non-hydrogen) atoms. The summed E-state index contributed by atoms with van der Waals surface area (Å²) in [6, 6.07) is 0.186. The Labute approximate surface area is 120 Å². The van der Waals surface area contributed by atoms with Gasteiger partial charge in [-0.2, -0.15) is 0 Å². The molecule has 0 N–H and O–H groups in total. The molecule has 2 heterocycles. The molecule has 1 aromatic heterocycles. The molecule has 5 heteroatoms. The van der Waals surface area contributed by atoms with Crippen molar-refractivity contribution in [2.45, 2.75) is 58.1 Å². The predicted molar refractivity (Wildman–Crippen MR) is 75.3 cm³/mol. The molecule has 2 atom stereocenters. The summed E-state index contributed by atoms with van der Waals surface area (Å²) in [6.45, 7) is 6.75. The van der Waals surface area contributed by atoms with E-state index in [0.717, 1.165) is 31.5 Å². The fourth-order valence-corrected chi connectivity index (χ4v) is 3.48. The monoisotopic (exact) mass is 279 g/mol. The van der Waals surface area contributed by atoms with Gasteiger partial charge in [0.1, 0.15) is 0 Å². The Morgan fingerprint density at radius 1 is 1.20 bits per heavy atom. The van der Waals surface area contributed by atoms with E-state index >= 15 is 0 Å². The first kappa shape index (κ1) is 14.0. The molecule has 1 saturated carbocycles. The molecule has 5 nitrogen and oxygen atoms in total. The van der Waals surface area contributed by atoms with E-state index in [-0.39, 0.29) is 6.04 Å². The van der Waals surface area contributed by atoms with Gasteiger partial charge in [-0.15, -0.1) is 10.2 Å². The van der Waals surface area contributed by atoms with Gasteiger partial charge in [0.05, 0.1) is 18.8 Å². The average molecular weight is 279 g/mol. The van der Waals surface area contributed by atoms with Crippen LogP contribution < -0.4 is 0 Å². The lowest BCUT2D eigenvalue weighted by molar-refractivity contribution is -0.0772. The Morgan fingerprint density at radius 2 is 2.00 bits per heavy atom. The normalized spacial score (nSPS) is 27.6. The molecule has 1 saturated heterocycles. The largest absolute Gasteiger partial charge is 0.424 e. The van der Waals surface area contributed by atoms with E-state index in [0.29, 0.717) is 12.0 Å². The van der Waals surface area contributed by atoms with Crippen molar-refractivity contribution in [2.24, 2.45) is 5.92 Å². The number of ether oxygens (including phenoxy) is 1. The minimum absolute atomic E-state index is 0.186. The smallest absolute Gasteiger partial charge is 0.233 e. The van der Waals surface area contributed by atoms with Crippen LogP contribution in [-0.2, 0) is 4.74 Å². The molecule has 0 amide bonds. The van der Waals surface area contributed by atoms with Crippen molar-refractivity contribution in [2.75, 3.05) is 19.7 Å². The van der Waals surface area contributed by atoms with E-state index < -0.39 is 0 Å². The summed E-state index contributed by atoms with van der Waals surface area (Å²) >= 11 is 0. The highest BCUT2D eigenvalue weighted by Crippen LogP contribution is 2.31. The van der Waals surface area contributed by atoms with Gasteiger partial charge in [0.15, 0.2) is 0 Å². The lowest BCUT2D eigenvalue weighted by atomic mass is 9.84. The summed E-state index contributed by atoms with van der Waals surface area (Å²) in [6.07, 6.45) is 7.16. The number of aryl methyl sites for hydroxylation is 1. The zero-order valence-electron chi connectivity index (χ0n) is 12.5. The molecule has 0 unspecified atom stereocenters. The van der Waals surface area contributed by atoms with E-state index in [9.17, 15) is 0 Å². The van der Waals surface area contributed by atoms with Crippen LogP contribution >= 0.6 is 0 Å². The maximum Gasteiger partial charge on any atom is 0.233 e. The number of rotatable bonds is 3. The molecule has 1 aliphatic heterocycles. The van der Waals surface area contributed by atoms with Crippen molar-refractivity contribution >= 4 is 0 Å². The third-order valence-electron chi connectivity index (χ3n) is 4.75. The summed E-state index contributed by atoms with van der Waals surface area (Å²) in [5.41, 5.74) is 0. The molecule has 2 fully saturated rings. The summed E-state index contributed by atoms with van der Waals surface area (Å²) < 4.78 is 11.6. The van der Waals surface area contributed by atoms with Gasteiger partial charge in [-0.1, -0.05) is 19.3 Å². The number of nitrogens with zero attached hydrogens (tertiary/aromatic N) is 3. The highest BCUT2D eigenvalue weighted by molar-refractivity contribution is 4.91. The van der Waals surface area contributed by atoms with Crippen LogP contribution in [0.25, 0.3) is 0 Å². The van der Waals surface area contributed by atoms with E-state index in [2.05, 4.69) is 22.0 Å². The van der Waals surface area contributed by atoms with Gasteiger partial charge >= 0.3 is 0 Å². The van der Waals surface area contributed by atoms with Gasteiger partial charge in [-0.3, -0.25) is 4.90 Å². The lowest BCUT2D eigenvalue weighted by Crippen LogP contribution is -2.47. The van der Waals surface area contributed by atoms with Crippen molar-refractivity contribution in [1.82, 2.24) is 15.1 Å². The first-order chi connectivity index (χ1) is 9.74. The zero-order valence-corrected chi connectivity index (χ0v) is 12.5. The first-order valence-corrected chi connectivity index (χ1v) is 7.89. The maximum absolute atomic E-state index is 6.03. The first-order valence-electron chi connectivity index (χ1n) is 7.89. The quantitative estimate of drug-likeness (QED) is 0.851. The third kappa shape index (κ3) is 3.04. The van der Waals surface area contributed by atoms with Crippen molar-refractivity contribution < 1.29 is 9.15 Å². The molecular formula is C15H25N3O2. The minimum atomic E-state index is 0.186. The van der Waals surface area contributed by atoms with Gasteiger partial charge in [0.2, 0.25) is 11.8 Å². The Kier molecular flexibility index (Phi) is 4.36. The third-order valence-corrected chi connectivity index (χ3v) is 4.75. The standard InChI is InChI=1S/C15H25N3O2/c1-11(15-17-16-12(2)20-15)18-8-9-19-14(10-18)13-6-4-3-5-7-13/h11,13-14H,3-10H2,1-2H3/t11-,14-/m1/s1. The van der Waals surface area contributed by atoms with Crippen molar-refractivity contribution in [3.63, 3.8) is 0 Å². The number of morpholine rings is 1. The molecule has 112 valence electrons. The summed E-state index contributed by atoms with van der Waals surface area (Å²) in [7, 11) is 0. The van der Waals surface area contributed by atoms with Crippen LogP contribution in [0.4, 0.5) is 0 Å². The van der Waals surface area contributed by atoms with E-state index in [4.69, 9.17) is 9.15 Å². The van der Waals surface area contributed by atoms with Gasteiger partial charge in [0, 0.05) is 20.0 Å². The van der Waals surface area contributed by atoms with Gasteiger partial charge in [0.25, 0.3) is 0 Å². The number of aromatic nitrogens is 2. The molecule has 0 spiro atoms. The Hall–Kier alpha value is -0.940. The maximum atomic E-state index is 6.03. The highest BCUT2D eigenvalue weighted by Gasteiger charge is 2.32. The highest BCUT2D eigenvalue weighted by atomic mass is 16.5. The van der Waals surface area contributed by atoms with Gasteiger partial charge in [-0.25, -0.2) is 0 Å². The topological polar surface area (TPSA) is 51.4 Å². The van der Waals surface area contributed by atoms with Crippen LogP contribution in [0.5, 0.6) is 0 Å². The molecular weight excluding hydrogens is 254 g/mol. The van der Waals surface area contributed by atoms with Crippen molar-refractivity contribution in [1.29, 1.82) is 0 Å². The molecule has 3 rings (SSSR count). The molecule has 0 radical (unpaired) electrons. The van der Waals surface area contributed by atoms with Crippen LogP contribution in [0.3, 0.4) is 0 Å². The Morgan fingerprint density at radius 3 is 2.70 bits per heavy atom. The second kappa shape index (κ2) is 6.22. The Bertz CT molecular complexity index is 429. The van der Waals surface area contributed by atoms with Crippen LogP contribution in [0.15, 0.2) is 4.42 Å². The number of hydrogen-bond acceptors (Lipinski definition) is 5. The van der Waals surface area contributed by atoms with Crippen LogP contribution in [0.2, 0.25) is 0 Å². The van der Waals surface area contributed by atoms with Gasteiger partial charge < -0.3 is 9.15 Å². The van der Waals surface area contributed by atoms with Crippen molar-refractivity contribution in [3.05, 3.63) is 11.8 Å². The average Bonchev–Trinajstić information content (AvgIpc) is 2.94. The fourth-order valence-electron chi connectivity index (χ4n) is 3.48. The molecule has 0 bridgehead atoms. The predicted octanol–water partition coefficient (Wildman–Crippen LogP) is 2.72. The summed E-state index contributed by atoms with van der Waals surface area (Å²) in [4.78, 5) is 2.43. The van der Waals surface area contributed by atoms with Crippen LogP contribution in [-0.4, -0.2) is 40.9 Å². The molecule has 1 aliphatic carbocycles. The number of hydrogen-bond donors (Lipinski definition) is 0. The second-order valence-electron chi connectivity index (χ2n) is 6.14. The SMILES string of the molecule is Cc1nnc([C@@H](C)N2CCO[C@@H](C3CCCCC3)C2)o1. The summed E-state index contributed by atoms with van der Waals surface area (Å²) in [5.74, 6) is 2.11.